The second kappa shape index (κ2) is 4.92. The third-order valence-electron chi connectivity index (χ3n) is 3.05. The molecule has 3 N–H and O–H groups in total. The third-order valence-corrected chi connectivity index (χ3v) is 3.05. The molecular formula is C10H20N2O3. The first-order valence-corrected chi connectivity index (χ1v) is 5.29. The van der Waals surface area contributed by atoms with Crippen molar-refractivity contribution < 1.29 is 14.6 Å². The van der Waals surface area contributed by atoms with Crippen molar-refractivity contribution in [3.05, 3.63) is 0 Å². The summed E-state index contributed by atoms with van der Waals surface area (Å²) in [6.07, 6.45) is 0. The molecule has 0 spiro atoms. The number of aliphatic hydroxyl groups excluding tert-OH is 1. The molecule has 1 aliphatic heterocycles. The topological polar surface area (TPSA) is 75.8 Å². The maximum absolute atomic E-state index is 12.2. The summed E-state index contributed by atoms with van der Waals surface area (Å²) in [4.78, 5) is 13.8. The Morgan fingerprint density at radius 3 is 2.80 bits per heavy atom. The molecule has 0 saturated carbocycles. The van der Waals surface area contributed by atoms with Gasteiger partial charge in [0.1, 0.15) is 0 Å². The summed E-state index contributed by atoms with van der Waals surface area (Å²) < 4.78 is 5.23. The normalized spacial score (nSPS) is 30.5. The fourth-order valence-corrected chi connectivity index (χ4v) is 1.79. The molecule has 1 aliphatic rings. The lowest BCUT2D eigenvalue weighted by molar-refractivity contribution is -0.142. The van der Waals surface area contributed by atoms with Crippen LogP contribution in [0.2, 0.25) is 0 Å². The number of hydrogen-bond acceptors (Lipinski definition) is 4. The summed E-state index contributed by atoms with van der Waals surface area (Å²) in [5, 5.41) is 8.85. The van der Waals surface area contributed by atoms with Gasteiger partial charge in [-0.05, 0) is 13.8 Å². The molecule has 88 valence electrons. The highest BCUT2D eigenvalue weighted by molar-refractivity contribution is 5.83. The van der Waals surface area contributed by atoms with Gasteiger partial charge in [0.2, 0.25) is 5.91 Å². The van der Waals surface area contributed by atoms with E-state index in [2.05, 4.69) is 0 Å². The number of aliphatic hydroxyl groups is 1. The molecule has 5 heteroatoms. The maximum Gasteiger partial charge on any atom is 0.232 e. The van der Waals surface area contributed by atoms with Gasteiger partial charge in [-0.15, -0.1) is 0 Å². The van der Waals surface area contributed by atoms with Crippen LogP contribution >= 0.6 is 0 Å². The van der Waals surface area contributed by atoms with Crippen molar-refractivity contribution in [2.45, 2.75) is 19.9 Å². The zero-order valence-electron chi connectivity index (χ0n) is 9.40. The minimum absolute atomic E-state index is 0.0221. The molecule has 0 aliphatic carbocycles. The molecule has 0 aromatic carbocycles. The van der Waals surface area contributed by atoms with Crippen molar-refractivity contribution in [2.75, 3.05) is 32.9 Å². The number of hydrogen-bond donors (Lipinski definition) is 2. The highest BCUT2D eigenvalue weighted by Gasteiger charge is 2.45. The van der Waals surface area contributed by atoms with Gasteiger partial charge in [-0.25, -0.2) is 0 Å². The molecule has 1 heterocycles. The summed E-state index contributed by atoms with van der Waals surface area (Å²) in [5.74, 6) is -0.0240. The largest absolute Gasteiger partial charge is 0.395 e. The molecule has 2 atom stereocenters. The Kier molecular flexibility index (Phi) is 4.07. The Morgan fingerprint density at radius 1 is 1.73 bits per heavy atom. The molecule has 1 amide bonds. The Hall–Kier alpha value is -0.650. The van der Waals surface area contributed by atoms with E-state index in [9.17, 15) is 4.79 Å². The Balaban J connectivity index is 2.72. The lowest BCUT2D eigenvalue weighted by Crippen LogP contribution is -2.52. The fourth-order valence-electron chi connectivity index (χ4n) is 1.79. The molecule has 0 aromatic heterocycles. The zero-order valence-corrected chi connectivity index (χ0v) is 9.40. The van der Waals surface area contributed by atoms with E-state index < -0.39 is 5.41 Å². The van der Waals surface area contributed by atoms with Gasteiger partial charge in [0, 0.05) is 19.1 Å². The molecule has 0 radical (unpaired) electrons. The number of nitrogens with two attached hydrogens (primary N) is 1. The van der Waals surface area contributed by atoms with Crippen LogP contribution < -0.4 is 5.73 Å². The Morgan fingerprint density at radius 2 is 2.40 bits per heavy atom. The van der Waals surface area contributed by atoms with E-state index in [0.29, 0.717) is 26.3 Å². The van der Waals surface area contributed by atoms with Gasteiger partial charge in [-0.2, -0.15) is 0 Å². The van der Waals surface area contributed by atoms with Crippen molar-refractivity contribution in [3.63, 3.8) is 0 Å². The Bertz CT molecular complexity index is 235. The van der Waals surface area contributed by atoms with Crippen molar-refractivity contribution in [1.82, 2.24) is 4.90 Å². The summed E-state index contributed by atoms with van der Waals surface area (Å²) in [6, 6.07) is -0.252. The first kappa shape index (κ1) is 12.4. The van der Waals surface area contributed by atoms with Gasteiger partial charge in [0.05, 0.1) is 25.2 Å². The van der Waals surface area contributed by atoms with E-state index in [4.69, 9.17) is 15.6 Å². The minimum atomic E-state index is -0.634. The summed E-state index contributed by atoms with van der Waals surface area (Å²) in [7, 11) is 0. The van der Waals surface area contributed by atoms with E-state index >= 15 is 0 Å². The number of carbonyl (C=O) groups is 1. The first-order valence-electron chi connectivity index (χ1n) is 5.29. The lowest BCUT2D eigenvalue weighted by Gasteiger charge is -2.32. The molecule has 1 fully saturated rings. The van der Waals surface area contributed by atoms with Gasteiger partial charge in [0.25, 0.3) is 0 Å². The fraction of sp³-hybridized carbons (Fsp3) is 0.900. The number of amides is 1. The average molecular weight is 216 g/mol. The maximum atomic E-state index is 12.2. The van der Waals surface area contributed by atoms with E-state index in [1.165, 1.54) is 0 Å². The summed E-state index contributed by atoms with van der Waals surface area (Å²) in [5.41, 5.74) is 5.23. The lowest BCUT2D eigenvalue weighted by atomic mass is 9.84. The predicted molar refractivity (Wildman–Crippen MR) is 56.2 cm³/mol. The standard InChI is InChI=1S/C10H20N2O3/c1-3-12(4-5-13)9(14)10(2)7-15-6-8(10)11/h8,13H,3-7,11H2,1-2H3. The number of rotatable bonds is 4. The minimum Gasteiger partial charge on any atom is -0.395 e. The van der Waals surface area contributed by atoms with Gasteiger partial charge in [-0.3, -0.25) is 4.79 Å². The van der Waals surface area contributed by atoms with E-state index in [-0.39, 0.29) is 18.6 Å². The molecular weight excluding hydrogens is 196 g/mol. The van der Waals surface area contributed by atoms with Crippen LogP contribution in [0.25, 0.3) is 0 Å². The molecule has 0 aromatic rings. The molecule has 5 nitrogen and oxygen atoms in total. The Labute approximate surface area is 90.2 Å². The van der Waals surface area contributed by atoms with Gasteiger partial charge < -0.3 is 20.5 Å². The van der Waals surface area contributed by atoms with Gasteiger partial charge >= 0.3 is 0 Å². The monoisotopic (exact) mass is 216 g/mol. The average Bonchev–Trinajstić information content (AvgIpc) is 2.56. The highest BCUT2D eigenvalue weighted by atomic mass is 16.5. The van der Waals surface area contributed by atoms with Crippen LogP contribution in [0.4, 0.5) is 0 Å². The van der Waals surface area contributed by atoms with Crippen molar-refractivity contribution in [1.29, 1.82) is 0 Å². The quantitative estimate of drug-likeness (QED) is 0.644. The second-order valence-electron chi connectivity index (χ2n) is 4.15. The van der Waals surface area contributed by atoms with Crippen LogP contribution in [0, 0.1) is 5.41 Å². The van der Waals surface area contributed by atoms with E-state index in [0.717, 1.165) is 0 Å². The number of nitrogens with zero attached hydrogens (tertiary/aromatic N) is 1. The molecule has 1 saturated heterocycles. The number of ether oxygens (including phenoxy) is 1. The van der Waals surface area contributed by atoms with Crippen molar-refractivity contribution in [2.24, 2.45) is 11.1 Å². The zero-order chi connectivity index (χ0) is 11.5. The molecule has 2 unspecified atom stereocenters. The number of carbonyl (C=O) groups excluding carboxylic acids is 1. The van der Waals surface area contributed by atoms with Crippen LogP contribution in [0.15, 0.2) is 0 Å². The summed E-state index contributed by atoms with van der Waals surface area (Å²) >= 11 is 0. The van der Waals surface area contributed by atoms with Crippen LogP contribution in [0.1, 0.15) is 13.8 Å². The van der Waals surface area contributed by atoms with Crippen LogP contribution in [0.3, 0.4) is 0 Å². The van der Waals surface area contributed by atoms with Gasteiger partial charge in [-0.1, -0.05) is 0 Å². The van der Waals surface area contributed by atoms with Crippen LogP contribution in [-0.2, 0) is 9.53 Å². The third kappa shape index (κ3) is 2.30. The highest BCUT2D eigenvalue weighted by Crippen LogP contribution is 2.29. The van der Waals surface area contributed by atoms with Gasteiger partial charge in [0.15, 0.2) is 0 Å². The van der Waals surface area contributed by atoms with E-state index in [1.807, 2.05) is 13.8 Å². The SMILES string of the molecule is CCN(CCO)C(=O)C1(C)COCC1N. The summed E-state index contributed by atoms with van der Waals surface area (Å²) in [6.45, 7) is 5.43. The van der Waals surface area contributed by atoms with Crippen LogP contribution in [-0.4, -0.2) is 54.9 Å². The second-order valence-corrected chi connectivity index (χ2v) is 4.15. The van der Waals surface area contributed by atoms with Crippen molar-refractivity contribution >= 4 is 5.91 Å². The van der Waals surface area contributed by atoms with Crippen LogP contribution in [0.5, 0.6) is 0 Å². The van der Waals surface area contributed by atoms with Crippen molar-refractivity contribution in [3.8, 4) is 0 Å². The molecule has 0 bridgehead atoms. The molecule has 15 heavy (non-hydrogen) atoms. The smallest absolute Gasteiger partial charge is 0.232 e. The molecule has 1 rings (SSSR count). The number of likely N-dealkylation sites (N-methyl/N-ethyl adjacent to an activating group) is 1. The predicted octanol–water partition coefficient (Wildman–Crippen LogP) is -0.809. The first-order chi connectivity index (χ1) is 7.06. The van der Waals surface area contributed by atoms with E-state index in [1.54, 1.807) is 4.90 Å².